The van der Waals surface area contributed by atoms with Gasteiger partial charge in [-0.15, -0.1) is 0 Å². The van der Waals surface area contributed by atoms with E-state index in [2.05, 4.69) is 17.5 Å². The van der Waals surface area contributed by atoms with E-state index in [1.165, 1.54) is 4.90 Å². The molecule has 0 unspecified atom stereocenters. The minimum Gasteiger partial charge on any atom is -0.497 e. The summed E-state index contributed by atoms with van der Waals surface area (Å²) in [5.41, 5.74) is 1.47. The number of methoxy groups -OCH3 is 1. The number of allylic oxidation sites excluding steroid dienone is 2. The summed E-state index contributed by atoms with van der Waals surface area (Å²) in [6.07, 6.45) is 5.03. The number of nitrogens with one attached hydrogen (secondary N) is 1. The zero-order chi connectivity index (χ0) is 20.1. The molecule has 3 aliphatic rings. The van der Waals surface area contributed by atoms with Crippen molar-refractivity contribution in [2.24, 2.45) is 23.7 Å². The van der Waals surface area contributed by atoms with Crippen molar-refractivity contribution in [2.45, 2.75) is 6.42 Å². The molecule has 6 heteroatoms. The number of benzene rings is 2. The maximum atomic E-state index is 13.0. The maximum Gasteiger partial charge on any atom is 0.255 e. The third kappa shape index (κ3) is 2.75. The van der Waals surface area contributed by atoms with Crippen LogP contribution in [-0.4, -0.2) is 24.8 Å². The zero-order valence-corrected chi connectivity index (χ0v) is 15.9. The first-order chi connectivity index (χ1) is 14.1. The smallest absolute Gasteiger partial charge is 0.255 e. The SMILES string of the molecule is COc1ccc(NC(=O)c2cccc(N3C(=O)[C@@H]4[C@H](C3=O)[C@@H]3C=C[C@@H]4C3)c2)cc1. The van der Waals surface area contributed by atoms with Crippen molar-refractivity contribution in [3.05, 3.63) is 66.2 Å². The second-order valence-electron chi connectivity index (χ2n) is 7.74. The van der Waals surface area contributed by atoms with Crippen LogP contribution in [0, 0.1) is 23.7 Å². The second kappa shape index (κ2) is 6.58. The molecule has 1 aliphatic heterocycles. The maximum absolute atomic E-state index is 13.0. The van der Waals surface area contributed by atoms with E-state index in [9.17, 15) is 14.4 Å². The van der Waals surface area contributed by atoms with Crippen LogP contribution in [0.4, 0.5) is 11.4 Å². The van der Waals surface area contributed by atoms with Gasteiger partial charge in [0.1, 0.15) is 5.75 Å². The Hall–Kier alpha value is -3.41. The first kappa shape index (κ1) is 17.7. The lowest BCUT2D eigenvalue weighted by atomic mass is 9.85. The molecule has 0 radical (unpaired) electrons. The predicted octanol–water partition coefficient (Wildman–Crippen LogP) is 3.26. The molecule has 5 rings (SSSR count). The van der Waals surface area contributed by atoms with Crippen molar-refractivity contribution < 1.29 is 19.1 Å². The minimum atomic E-state index is -0.307. The number of nitrogens with zero attached hydrogens (tertiary/aromatic N) is 1. The average Bonchev–Trinajstić information content (AvgIpc) is 3.42. The summed E-state index contributed by atoms with van der Waals surface area (Å²) in [5, 5.41) is 2.82. The Bertz CT molecular complexity index is 1010. The summed E-state index contributed by atoms with van der Waals surface area (Å²) >= 11 is 0. The van der Waals surface area contributed by atoms with Crippen molar-refractivity contribution in [3.8, 4) is 5.75 Å². The average molecular weight is 388 g/mol. The van der Waals surface area contributed by atoms with Gasteiger partial charge in [0.05, 0.1) is 24.6 Å². The van der Waals surface area contributed by atoms with Crippen LogP contribution in [0.1, 0.15) is 16.8 Å². The topological polar surface area (TPSA) is 75.7 Å². The van der Waals surface area contributed by atoms with E-state index in [0.717, 1.165) is 6.42 Å². The van der Waals surface area contributed by atoms with E-state index >= 15 is 0 Å². The molecule has 1 N–H and O–H groups in total. The monoisotopic (exact) mass is 388 g/mol. The molecule has 0 aromatic heterocycles. The van der Waals surface area contributed by atoms with E-state index in [-0.39, 0.29) is 41.4 Å². The van der Waals surface area contributed by atoms with Crippen LogP contribution in [-0.2, 0) is 9.59 Å². The molecule has 2 aromatic carbocycles. The molecule has 1 heterocycles. The second-order valence-corrected chi connectivity index (χ2v) is 7.74. The van der Waals surface area contributed by atoms with Gasteiger partial charge in [0.25, 0.3) is 5.91 Å². The lowest BCUT2D eigenvalue weighted by Crippen LogP contribution is -2.33. The molecule has 2 bridgehead atoms. The van der Waals surface area contributed by atoms with Gasteiger partial charge in [-0.25, -0.2) is 4.90 Å². The number of imide groups is 1. The van der Waals surface area contributed by atoms with Crippen LogP contribution in [0.25, 0.3) is 0 Å². The summed E-state index contributed by atoms with van der Waals surface area (Å²) in [4.78, 5) is 39.9. The number of anilines is 2. The van der Waals surface area contributed by atoms with Crippen molar-refractivity contribution in [1.29, 1.82) is 0 Å². The summed E-state index contributed by atoms with van der Waals surface area (Å²) in [5.74, 6) is -0.0956. The molecule has 2 fully saturated rings. The molecule has 2 aliphatic carbocycles. The van der Waals surface area contributed by atoms with Crippen LogP contribution in [0.15, 0.2) is 60.7 Å². The van der Waals surface area contributed by atoms with Gasteiger partial charge in [-0.3, -0.25) is 14.4 Å². The lowest BCUT2D eigenvalue weighted by molar-refractivity contribution is -0.123. The van der Waals surface area contributed by atoms with E-state index < -0.39 is 0 Å². The molecular formula is C23H20N2O4. The van der Waals surface area contributed by atoms with Gasteiger partial charge in [-0.05, 0) is 60.7 Å². The quantitative estimate of drug-likeness (QED) is 0.644. The predicted molar refractivity (Wildman–Crippen MR) is 108 cm³/mol. The Kier molecular flexibility index (Phi) is 4.01. The first-order valence-corrected chi connectivity index (χ1v) is 9.68. The minimum absolute atomic E-state index is 0.149. The number of amides is 3. The van der Waals surface area contributed by atoms with E-state index in [1.54, 1.807) is 55.6 Å². The highest BCUT2D eigenvalue weighted by atomic mass is 16.5. The van der Waals surface area contributed by atoms with E-state index in [0.29, 0.717) is 22.7 Å². The Morgan fingerprint density at radius 3 is 2.28 bits per heavy atom. The molecule has 0 spiro atoms. The van der Waals surface area contributed by atoms with Crippen molar-refractivity contribution >= 4 is 29.1 Å². The van der Waals surface area contributed by atoms with Crippen molar-refractivity contribution in [1.82, 2.24) is 0 Å². The molecule has 1 saturated carbocycles. The summed E-state index contributed by atoms with van der Waals surface area (Å²) in [6.45, 7) is 0. The van der Waals surface area contributed by atoms with Gasteiger partial charge in [-0.1, -0.05) is 18.2 Å². The molecule has 146 valence electrons. The molecule has 6 nitrogen and oxygen atoms in total. The van der Waals surface area contributed by atoms with Crippen molar-refractivity contribution in [3.63, 3.8) is 0 Å². The summed E-state index contributed by atoms with van der Waals surface area (Å²) < 4.78 is 5.12. The molecule has 3 amide bonds. The number of ether oxygens (including phenoxy) is 1. The molecular weight excluding hydrogens is 368 g/mol. The number of rotatable bonds is 4. The fourth-order valence-corrected chi connectivity index (χ4v) is 4.82. The lowest BCUT2D eigenvalue weighted by Gasteiger charge is -2.18. The Morgan fingerprint density at radius 1 is 1.00 bits per heavy atom. The van der Waals surface area contributed by atoms with E-state index in [4.69, 9.17) is 4.74 Å². The number of fused-ring (bicyclic) bond motifs is 5. The Morgan fingerprint density at radius 2 is 1.66 bits per heavy atom. The third-order valence-corrected chi connectivity index (χ3v) is 6.18. The third-order valence-electron chi connectivity index (χ3n) is 6.18. The van der Waals surface area contributed by atoms with Crippen LogP contribution < -0.4 is 15.0 Å². The van der Waals surface area contributed by atoms with Crippen LogP contribution in [0.2, 0.25) is 0 Å². The first-order valence-electron chi connectivity index (χ1n) is 9.68. The van der Waals surface area contributed by atoms with Gasteiger partial charge in [0, 0.05) is 11.3 Å². The normalized spacial score (nSPS) is 26.7. The highest BCUT2D eigenvalue weighted by molar-refractivity contribution is 6.23. The number of carbonyl (C=O) groups is 3. The fourth-order valence-electron chi connectivity index (χ4n) is 4.82. The molecule has 4 atom stereocenters. The van der Waals surface area contributed by atoms with Gasteiger partial charge in [0.2, 0.25) is 11.8 Å². The highest BCUT2D eigenvalue weighted by Crippen LogP contribution is 2.53. The molecule has 2 aromatic rings. The Balaban J connectivity index is 1.38. The largest absolute Gasteiger partial charge is 0.497 e. The molecule has 29 heavy (non-hydrogen) atoms. The van der Waals surface area contributed by atoms with Crippen molar-refractivity contribution in [2.75, 3.05) is 17.3 Å². The highest BCUT2D eigenvalue weighted by Gasteiger charge is 2.59. The summed E-state index contributed by atoms with van der Waals surface area (Å²) in [6, 6.07) is 13.7. The Labute approximate surface area is 168 Å². The van der Waals surface area contributed by atoms with Crippen LogP contribution >= 0.6 is 0 Å². The van der Waals surface area contributed by atoms with Gasteiger partial charge >= 0.3 is 0 Å². The van der Waals surface area contributed by atoms with Crippen LogP contribution in [0.5, 0.6) is 5.75 Å². The molecule has 1 saturated heterocycles. The van der Waals surface area contributed by atoms with E-state index in [1.807, 2.05) is 0 Å². The number of carbonyl (C=O) groups excluding carboxylic acids is 3. The zero-order valence-electron chi connectivity index (χ0n) is 15.9. The number of hydrogen-bond donors (Lipinski definition) is 1. The van der Waals surface area contributed by atoms with Crippen LogP contribution in [0.3, 0.4) is 0 Å². The van der Waals surface area contributed by atoms with Gasteiger partial charge < -0.3 is 10.1 Å². The number of hydrogen-bond acceptors (Lipinski definition) is 4. The van der Waals surface area contributed by atoms with Gasteiger partial charge in [-0.2, -0.15) is 0 Å². The summed E-state index contributed by atoms with van der Waals surface area (Å²) in [7, 11) is 1.58. The standard InChI is InChI=1S/C23H20N2O4/c1-29-18-9-7-16(8-10-18)24-21(26)15-3-2-4-17(12-15)25-22(27)19-13-5-6-14(11-13)20(19)23(25)28/h2-10,12-14,19-20H,11H2,1H3,(H,24,26)/t13-,14-,19-,20+/m1/s1. The fraction of sp³-hybridized carbons (Fsp3) is 0.261. The van der Waals surface area contributed by atoms with Gasteiger partial charge in [0.15, 0.2) is 0 Å².